The predicted octanol–water partition coefficient (Wildman–Crippen LogP) is 3.71. The van der Waals surface area contributed by atoms with Crippen molar-refractivity contribution in [1.82, 2.24) is 19.7 Å². The Hall–Kier alpha value is -1.82. The second-order valence-corrected chi connectivity index (χ2v) is 7.64. The Morgan fingerprint density at radius 3 is 2.80 bits per heavy atom. The zero-order valence-corrected chi connectivity index (χ0v) is 15.8. The summed E-state index contributed by atoms with van der Waals surface area (Å²) < 4.78 is 2.13. The first-order valence-electron chi connectivity index (χ1n) is 9.08. The minimum absolute atomic E-state index is 0.212. The van der Waals surface area contributed by atoms with Gasteiger partial charge in [-0.05, 0) is 25.2 Å². The number of hydrogen-bond donors (Lipinski definition) is 0. The quantitative estimate of drug-likeness (QED) is 0.739. The molecular formula is C19H26N4OS. The van der Waals surface area contributed by atoms with Gasteiger partial charge in [0, 0.05) is 25.2 Å². The summed E-state index contributed by atoms with van der Waals surface area (Å²) in [5.74, 6) is 2.13. The number of likely N-dealkylation sites (tertiary alicyclic amines) is 1. The molecule has 1 aromatic heterocycles. The first kappa shape index (κ1) is 18.0. The molecule has 6 heteroatoms. The molecule has 0 aliphatic carbocycles. The van der Waals surface area contributed by atoms with Gasteiger partial charge in [0.05, 0.1) is 5.75 Å². The molecule has 1 fully saturated rings. The monoisotopic (exact) mass is 358 g/mol. The van der Waals surface area contributed by atoms with Crippen molar-refractivity contribution in [3.63, 3.8) is 0 Å². The molecule has 1 unspecified atom stereocenters. The third-order valence-electron chi connectivity index (χ3n) is 4.53. The van der Waals surface area contributed by atoms with Gasteiger partial charge in [0.1, 0.15) is 0 Å². The number of piperidine rings is 1. The van der Waals surface area contributed by atoms with Gasteiger partial charge in [0.25, 0.3) is 0 Å². The van der Waals surface area contributed by atoms with E-state index in [4.69, 9.17) is 0 Å². The van der Waals surface area contributed by atoms with Gasteiger partial charge in [-0.2, -0.15) is 0 Å². The van der Waals surface area contributed by atoms with E-state index in [1.807, 2.05) is 35.2 Å². The fourth-order valence-electron chi connectivity index (χ4n) is 3.25. The standard InChI is InChI=1S/C19H26N4OS/c1-3-11-23-18(16-9-5-4-6-10-16)20-21-19(23)25-14-17(24)22-12-7-8-15(2)13-22/h4-6,9-10,15H,3,7-8,11-14H2,1-2H3. The van der Waals surface area contributed by atoms with Crippen LogP contribution in [0.5, 0.6) is 0 Å². The Labute approximate surface area is 153 Å². The van der Waals surface area contributed by atoms with E-state index >= 15 is 0 Å². The van der Waals surface area contributed by atoms with Crippen molar-refractivity contribution in [2.45, 2.75) is 44.8 Å². The molecule has 134 valence electrons. The number of amides is 1. The molecule has 1 saturated heterocycles. The summed E-state index contributed by atoms with van der Waals surface area (Å²) in [6, 6.07) is 10.1. The minimum atomic E-state index is 0.212. The van der Waals surface area contributed by atoms with Crippen LogP contribution < -0.4 is 0 Å². The number of rotatable bonds is 6. The number of nitrogens with zero attached hydrogens (tertiary/aromatic N) is 4. The van der Waals surface area contributed by atoms with Crippen LogP contribution in [-0.4, -0.2) is 44.4 Å². The van der Waals surface area contributed by atoms with Crippen LogP contribution in [0.1, 0.15) is 33.1 Å². The third kappa shape index (κ3) is 4.42. The van der Waals surface area contributed by atoms with Gasteiger partial charge in [-0.15, -0.1) is 10.2 Å². The molecule has 1 aliphatic rings. The van der Waals surface area contributed by atoms with Crippen molar-refractivity contribution in [2.75, 3.05) is 18.8 Å². The zero-order valence-electron chi connectivity index (χ0n) is 15.0. The van der Waals surface area contributed by atoms with Crippen LogP contribution in [0.25, 0.3) is 11.4 Å². The van der Waals surface area contributed by atoms with Gasteiger partial charge in [0.15, 0.2) is 11.0 Å². The Balaban J connectivity index is 1.70. The molecule has 5 nitrogen and oxygen atoms in total. The molecular weight excluding hydrogens is 332 g/mol. The summed E-state index contributed by atoms with van der Waals surface area (Å²) in [5, 5.41) is 9.56. The first-order valence-corrected chi connectivity index (χ1v) is 10.1. The second-order valence-electron chi connectivity index (χ2n) is 6.70. The van der Waals surface area contributed by atoms with Crippen molar-refractivity contribution in [3.8, 4) is 11.4 Å². The average molecular weight is 359 g/mol. The Kier molecular flexibility index (Phi) is 6.13. The van der Waals surface area contributed by atoms with Crippen molar-refractivity contribution in [3.05, 3.63) is 30.3 Å². The lowest BCUT2D eigenvalue weighted by atomic mass is 10.0. The Morgan fingerprint density at radius 1 is 1.28 bits per heavy atom. The summed E-state index contributed by atoms with van der Waals surface area (Å²) in [6.45, 7) is 6.99. The second kappa shape index (κ2) is 8.52. The summed E-state index contributed by atoms with van der Waals surface area (Å²) in [7, 11) is 0. The lowest BCUT2D eigenvalue weighted by molar-refractivity contribution is -0.130. The van der Waals surface area contributed by atoms with Crippen LogP contribution >= 0.6 is 11.8 Å². The maximum absolute atomic E-state index is 12.5. The number of thioether (sulfide) groups is 1. The van der Waals surface area contributed by atoms with Crippen LogP contribution in [-0.2, 0) is 11.3 Å². The molecule has 1 aromatic carbocycles. The van der Waals surface area contributed by atoms with Crippen molar-refractivity contribution in [1.29, 1.82) is 0 Å². The Morgan fingerprint density at radius 2 is 2.08 bits per heavy atom. The van der Waals surface area contributed by atoms with E-state index < -0.39 is 0 Å². The molecule has 0 N–H and O–H groups in total. The molecule has 1 aliphatic heterocycles. The molecule has 0 radical (unpaired) electrons. The largest absolute Gasteiger partial charge is 0.342 e. The van der Waals surface area contributed by atoms with E-state index in [1.54, 1.807) is 0 Å². The van der Waals surface area contributed by atoms with E-state index in [9.17, 15) is 4.79 Å². The average Bonchev–Trinajstić information content (AvgIpc) is 3.03. The maximum atomic E-state index is 12.5. The smallest absolute Gasteiger partial charge is 0.233 e. The van der Waals surface area contributed by atoms with Crippen LogP contribution in [0.4, 0.5) is 0 Å². The van der Waals surface area contributed by atoms with E-state index in [0.29, 0.717) is 11.7 Å². The molecule has 1 amide bonds. The fourth-order valence-corrected chi connectivity index (χ4v) is 4.12. The van der Waals surface area contributed by atoms with Crippen molar-refractivity contribution < 1.29 is 4.79 Å². The predicted molar refractivity (Wildman–Crippen MR) is 101 cm³/mol. The maximum Gasteiger partial charge on any atom is 0.233 e. The zero-order chi connectivity index (χ0) is 17.6. The minimum Gasteiger partial charge on any atom is -0.342 e. The van der Waals surface area contributed by atoms with Gasteiger partial charge in [-0.25, -0.2) is 0 Å². The third-order valence-corrected chi connectivity index (χ3v) is 5.48. The summed E-state index contributed by atoms with van der Waals surface area (Å²) in [4.78, 5) is 14.5. The molecule has 3 rings (SSSR count). The van der Waals surface area contributed by atoms with Gasteiger partial charge < -0.3 is 9.47 Å². The highest BCUT2D eigenvalue weighted by molar-refractivity contribution is 7.99. The normalized spacial score (nSPS) is 17.7. The summed E-state index contributed by atoms with van der Waals surface area (Å²) in [5.41, 5.74) is 1.06. The number of carbonyl (C=O) groups is 1. The molecule has 2 heterocycles. The van der Waals surface area contributed by atoms with Gasteiger partial charge in [-0.3, -0.25) is 4.79 Å². The molecule has 0 spiro atoms. The molecule has 1 atom stereocenters. The highest BCUT2D eigenvalue weighted by Gasteiger charge is 2.22. The van der Waals surface area contributed by atoms with E-state index in [2.05, 4.69) is 28.6 Å². The summed E-state index contributed by atoms with van der Waals surface area (Å²) in [6.07, 6.45) is 3.34. The lowest BCUT2D eigenvalue weighted by Crippen LogP contribution is -2.40. The molecule has 25 heavy (non-hydrogen) atoms. The van der Waals surface area contributed by atoms with E-state index in [-0.39, 0.29) is 5.91 Å². The van der Waals surface area contributed by atoms with Gasteiger partial charge >= 0.3 is 0 Å². The molecule has 2 aromatic rings. The van der Waals surface area contributed by atoms with Crippen molar-refractivity contribution >= 4 is 17.7 Å². The van der Waals surface area contributed by atoms with Crippen molar-refractivity contribution in [2.24, 2.45) is 5.92 Å². The Bertz CT molecular complexity index is 701. The highest BCUT2D eigenvalue weighted by atomic mass is 32.2. The number of carbonyl (C=O) groups excluding carboxylic acids is 1. The molecule has 0 saturated carbocycles. The first-order chi connectivity index (χ1) is 12.2. The van der Waals surface area contributed by atoms with Crippen LogP contribution in [0.2, 0.25) is 0 Å². The fraction of sp³-hybridized carbons (Fsp3) is 0.526. The molecule has 0 bridgehead atoms. The van der Waals surface area contributed by atoms with Crippen LogP contribution in [0.15, 0.2) is 35.5 Å². The summed E-state index contributed by atoms with van der Waals surface area (Å²) >= 11 is 1.50. The van der Waals surface area contributed by atoms with E-state index in [1.165, 1.54) is 18.2 Å². The lowest BCUT2D eigenvalue weighted by Gasteiger charge is -2.30. The van der Waals surface area contributed by atoms with Gasteiger partial charge in [-0.1, -0.05) is 55.9 Å². The number of benzene rings is 1. The highest BCUT2D eigenvalue weighted by Crippen LogP contribution is 2.25. The van der Waals surface area contributed by atoms with E-state index in [0.717, 1.165) is 49.0 Å². The SMILES string of the molecule is CCCn1c(SCC(=O)N2CCCC(C)C2)nnc1-c1ccccc1. The number of hydrogen-bond acceptors (Lipinski definition) is 4. The van der Waals surface area contributed by atoms with Gasteiger partial charge in [0.2, 0.25) is 5.91 Å². The number of aromatic nitrogens is 3. The van der Waals surface area contributed by atoms with Crippen LogP contribution in [0.3, 0.4) is 0 Å². The van der Waals surface area contributed by atoms with Crippen LogP contribution in [0, 0.1) is 5.92 Å². The topological polar surface area (TPSA) is 51.0 Å².